The third kappa shape index (κ3) is 3.58. The van der Waals surface area contributed by atoms with E-state index in [1.807, 2.05) is 13.8 Å². The van der Waals surface area contributed by atoms with E-state index in [0.717, 1.165) is 5.56 Å². The zero-order valence-electron chi connectivity index (χ0n) is 12.0. The van der Waals surface area contributed by atoms with Gasteiger partial charge < -0.3 is 9.64 Å². The molecule has 0 bridgehead atoms. The van der Waals surface area contributed by atoms with Gasteiger partial charge in [-0.2, -0.15) is 0 Å². The number of aryl methyl sites for hydroxylation is 1. The maximum absolute atomic E-state index is 13.4. The van der Waals surface area contributed by atoms with Crippen molar-refractivity contribution in [2.75, 3.05) is 18.4 Å². The minimum atomic E-state index is -0.394. The number of carbonyl (C=O) groups excluding carboxylic acids is 1. The Morgan fingerprint density at radius 1 is 1.50 bits per heavy atom. The predicted molar refractivity (Wildman–Crippen MR) is 79.8 cm³/mol. The fourth-order valence-corrected chi connectivity index (χ4v) is 2.91. The second-order valence-electron chi connectivity index (χ2n) is 5.86. The lowest BCUT2D eigenvalue weighted by Gasteiger charge is -2.42. The fraction of sp³-hybridized carbons (Fsp3) is 0.533. The van der Waals surface area contributed by atoms with E-state index >= 15 is 0 Å². The minimum absolute atomic E-state index is 0.0441. The number of halogens is 2. The van der Waals surface area contributed by atoms with Crippen molar-refractivity contribution in [3.63, 3.8) is 0 Å². The number of morpholine rings is 1. The first kappa shape index (κ1) is 15.4. The van der Waals surface area contributed by atoms with Crippen LogP contribution in [0.5, 0.6) is 0 Å². The molecule has 1 fully saturated rings. The summed E-state index contributed by atoms with van der Waals surface area (Å²) in [6, 6.07) is 4.43. The summed E-state index contributed by atoms with van der Waals surface area (Å²) in [5.41, 5.74) is 0.751. The van der Waals surface area contributed by atoms with Gasteiger partial charge in [0.15, 0.2) is 0 Å². The Bertz CT molecular complexity index is 498. The van der Waals surface area contributed by atoms with E-state index in [1.165, 1.54) is 12.1 Å². The predicted octanol–water partition coefficient (Wildman–Crippen LogP) is 3.15. The van der Waals surface area contributed by atoms with Crippen molar-refractivity contribution < 1.29 is 13.9 Å². The van der Waals surface area contributed by atoms with Crippen molar-refractivity contribution >= 4 is 21.8 Å². The first-order valence-electron chi connectivity index (χ1n) is 6.61. The highest BCUT2D eigenvalue weighted by Crippen LogP contribution is 2.24. The molecule has 0 spiro atoms. The Hall–Kier alpha value is -0.940. The zero-order valence-corrected chi connectivity index (χ0v) is 13.5. The van der Waals surface area contributed by atoms with Gasteiger partial charge in [0.25, 0.3) is 5.91 Å². The second kappa shape index (κ2) is 5.82. The lowest BCUT2D eigenvalue weighted by atomic mass is 10.0. The van der Waals surface area contributed by atoms with E-state index in [1.54, 1.807) is 17.9 Å². The third-order valence-corrected chi connectivity index (χ3v) is 3.95. The zero-order chi connectivity index (χ0) is 14.9. The van der Waals surface area contributed by atoms with Crippen LogP contribution in [0, 0.1) is 12.7 Å². The van der Waals surface area contributed by atoms with Crippen LogP contribution < -0.4 is 0 Å². The van der Waals surface area contributed by atoms with E-state index in [-0.39, 0.29) is 17.8 Å². The molecule has 0 radical (unpaired) electrons. The normalized spacial score (nSPS) is 21.9. The molecule has 1 unspecified atom stereocenters. The molecular formula is C15H19BrFNO2. The fourth-order valence-electron chi connectivity index (χ4n) is 2.57. The van der Waals surface area contributed by atoms with Gasteiger partial charge >= 0.3 is 0 Å². The molecule has 1 aliphatic heterocycles. The van der Waals surface area contributed by atoms with Gasteiger partial charge in [-0.05, 0) is 44.5 Å². The Labute approximate surface area is 127 Å². The van der Waals surface area contributed by atoms with Crippen LogP contribution in [0.25, 0.3) is 0 Å². The van der Waals surface area contributed by atoms with E-state index in [2.05, 4.69) is 15.9 Å². The summed E-state index contributed by atoms with van der Waals surface area (Å²) >= 11 is 3.40. The maximum atomic E-state index is 13.4. The van der Waals surface area contributed by atoms with Crippen LogP contribution in [0.1, 0.15) is 29.8 Å². The second-order valence-corrected chi connectivity index (χ2v) is 6.50. The molecule has 1 heterocycles. The number of benzene rings is 1. The maximum Gasteiger partial charge on any atom is 0.254 e. The van der Waals surface area contributed by atoms with Crippen LogP contribution in [0.2, 0.25) is 0 Å². The summed E-state index contributed by atoms with van der Waals surface area (Å²) < 4.78 is 19.3. The Morgan fingerprint density at radius 2 is 2.20 bits per heavy atom. The molecule has 1 aromatic rings. The van der Waals surface area contributed by atoms with E-state index in [0.29, 0.717) is 24.0 Å². The van der Waals surface area contributed by atoms with Crippen molar-refractivity contribution in [2.45, 2.75) is 32.5 Å². The Balaban J connectivity index is 2.23. The minimum Gasteiger partial charge on any atom is -0.368 e. The lowest BCUT2D eigenvalue weighted by Crippen LogP contribution is -2.55. The van der Waals surface area contributed by atoms with Gasteiger partial charge in [-0.3, -0.25) is 4.79 Å². The molecule has 0 aromatic heterocycles. The molecule has 20 heavy (non-hydrogen) atoms. The molecule has 1 atom stereocenters. The highest BCUT2D eigenvalue weighted by Gasteiger charge is 2.35. The van der Waals surface area contributed by atoms with Gasteiger partial charge in [-0.15, -0.1) is 0 Å². The molecular weight excluding hydrogens is 325 g/mol. The van der Waals surface area contributed by atoms with Gasteiger partial charge in [0.1, 0.15) is 5.82 Å². The highest BCUT2D eigenvalue weighted by molar-refractivity contribution is 9.09. The summed E-state index contributed by atoms with van der Waals surface area (Å²) in [5, 5.41) is 0.669. The van der Waals surface area contributed by atoms with E-state index < -0.39 is 5.60 Å². The average Bonchev–Trinajstić information content (AvgIpc) is 2.34. The number of rotatable bonds is 2. The standard InChI is InChI=1S/C15H19BrFNO2/c1-10-4-11(6-12(17)5-10)14(19)18-8-13(7-16)20-15(2,3)9-18/h4-6,13H,7-9H2,1-3H3. The molecule has 0 N–H and O–H groups in total. The van der Waals surface area contributed by atoms with E-state index in [4.69, 9.17) is 4.74 Å². The van der Waals surface area contributed by atoms with Crippen molar-refractivity contribution in [2.24, 2.45) is 0 Å². The number of hydrogen-bond acceptors (Lipinski definition) is 2. The summed E-state index contributed by atoms with van der Waals surface area (Å²) in [6.45, 7) is 6.72. The summed E-state index contributed by atoms with van der Waals surface area (Å²) in [5.74, 6) is -0.521. The van der Waals surface area contributed by atoms with Crippen LogP contribution in [0.15, 0.2) is 18.2 Å². The molecule has 1 saturated heterocycles. The van der Waals surface area contributed by atoms with Gasteiger partial charge in [-0.1, -0.05) is 15.9 Å². The van der Waals surface area contributed by atoms with Crippen LogP contribution in [0.4, 0.5) is 4.39 Å². The van der Waals surface area contributed by atoms with Crippen molar-refractivity contribution in [1.29, 1.82) is 0 Å². The Kier molecular flexibility index (Phi) is 4.49. The van der Waals surface area contributed by atoms with E-state index in [9.17, 15) is 9.18 Å². The Morgan fingerprint density at radius 3 is 2.80 bits per heavy atom. The average molecular weight is 344 g/mol. The molecule has 1 aliphatic rings. The van der Waals surface area contributed by atoms with Crippen LogP contribution in [-0.4, -0.2) is 40.9 Å². The van der Waals surface area contributed by atoms with Crippen LogP contribution in [0.3, 0.4) is 0 Å². The molecule has 1 amide bonds. The van der Waals surface area contributed by atoms with Crippen molar-refractivity contribution in [3.8, 4) is 0 Å². The van der Waals surface area contributed by atoms with Crippen LogP contribution >= 0.6 is 15.9 Å². The number of hydrogen-bond donors (Lipinski definition) is 0. The third-order valence-electron chi connectivity index (χ3n) is 3.23. The summed E-state index contributed by atoms with van der Waals surface area (Å²) in [7, 11) is 0. The summed E-state index contributed by atoms with van der Waals surface area (Å²) in [4.78, 5) is 14.3. The molecule has 0 saturated carbocycles. The first-order chi connectivity index (χ1) is 9.30. The quantitative estimate of drug-likeness (QED) is 0.772. The number of amides is 1. The monoisotopic (exact) mass is 343 g/mol. The first-order valence-corrected chi connectivity index (χ1v) is 7.73. The smallest absolute Gasteiger partial charge is 0.254 e. The molecule has 3 nitrogen and oxygen atoms in total. The van der Waals surface area contributed by atoms with Crippen molar-refractivity contribution in [1.82, 2.24) is 4.90 Å². The molecule has 1 aromatic carbocycles. The van der Waals surface area contributed by atoms with Crippen LogP contribution in [-0.2, 0) is 4.74 Å². The lowest BCUT2D eigenvalue weighted by molar-refractivity contribution is -0.116. The van der Waals surface area contributed by atoms with Gasteiger partial charge in [0.2, 0.25) is 0 Å². The number of carbonyl (C=O) groups is 1. The largest absolute Gasteiger partial charge is 0.368 e. The number of nitrogens with zero attached hydrogens (tertiary/aromatic N) is 1. The number of alkyl halides is 1. The van der Waals surface area contributed by atoms with Gasteiger partial charge in [0, 0.05) is 24.0 Å². The molecule has 5 heteroatoms. The molecule has 110 valence electrons. The van der Waals surface area contributed by atoms with Gasteiger partial charge in [0.05, 0.1) is 11.7 Å². The molecule has 2 rings (SSSR count). The van der Waals surface area contributed by atoms with Crippen molar-refractivity contribution in [3.05, 3.63) is 35.1 Å². The topological polar surface area (TPSA) is 29.5 Å². The highest BCUT2D eigenvalue weighted by atomic mass is 79.9. The van der Waals surface area contributed by atoms with Gasteiger partial charge in [-0.25, -0.2) is 4.39 Å². The summed E-state index contributed by atoms with van der Waals surface area (Å²) in [6.07, 6.45) is -0.0441. The number of ether oxygens (including phenoxy) is 1. The SMILES string of the molecule is Cc1cc(F)cc(C(=O)N2CC(CBr)OC(C)(C)C2)c1. The molecule has 0 aliphatic carbocycles.